The quantitative estimate of drug-likeness (QED) is 0.523. The fourth-order valence-corrected chi connectivity index (χ4v) is 0.998. The van der Waals surface area contributed by atoms with Crippen LogP contribution in [0, 0.1) is 0 Å². The summed E-state index contributed by atoms with van der Waals surface area (Å²) in [5.74, 6) is 5.10. The smallest absolute Gasteiger partial charge is 0.316 e. The molecule has 0 heterocycles. The lowest BCUT2D eigenvalue weighted by molar-refractivity contribution is 0.622. The Balaban J connectivity index is 3.00. The van der Waals surface area contributed by atoms with Crippen LogP contribution in [0.1, 0.15) is 0 Å². The minimum Gasteiger partial charge on any atom is -0.324 e. The second-order valence-electron chi connectivity index (χ2n) is 2.00. The predicted octanol–water partition coefficient (Wildman–Crippen LogP) is 0.666. The third-order valence-corrected chi connectivity index (χ3v) is 1.57. The van der Waals surface area contributed by atoms with Crippen LogP contribution in [0.5, 0.6) is 0 Å². The normalized spacial score (nSPS) is 9.08. The predicted molar refractivity (Wildman–Crippen MR) is 45.3 cm³/mol. The van der Waals surface area contributed by atoms with E-state index in [9.17, 15) is 8.42 Å². The molecule has 0 fully saturated rings. The highest BCUT2D eigenvalue weighted by Gasteiger charge is 1.89. The number of hydrogen-bond acceptors (Lipinski definition) is 5. The van der Waals surface area contributed by atoms with Crippen LogP contribution in [-0.2, 0) is 10.5 Å². The molecule has 5 nitrogen and oxygen atoms in total. The summed E-state index contributed by atoms with van der Waals surface area (Å²) in [5, 5.41) is 0. The third-order valence-electron chi connectivity index (χ3n) is 1.21. The number of nitrogens with one attached hydrogen (secondary N) is 1. The van der Waals surface area contributed by atoms with Crippen molar-refractivity contribution in [2.24, 2.45) is 10.2 Å². The van der Waals surface area contributed by atoms with Gasteiger partial charge in [-0.2, -0.15) is 8.42 Å². The summed E-state index contributed by atoms with van der Waals surface area (Å²) in [6.45, 7) is 0. The fraction of sp³-hybridized carbons (Fsp3) is 0. The molecule has 0 saturated heterocycles. The van der Waals surface area contributed by atoms with Crippen molar-refractivity contribution in [2.75, 3.05) is 5.43 Å². The van der Waals surface area contributed by atoms with Gasteiger partial charge in [-0.25, -0.2) is 0 Å². The average Bonchev–Trinajstić information content (AvgIpc) is 2.05. The zero-order valence-corrected chi connectivity index (χ0v) is 6.88. The van der Waals surface area contributed by atoms with Gasteiger partial charge in [-0.3, -0.25) is 5.84 Å². The van der Waals surface area contributed by atoms with Gasteiger partial charge in [-0.15, -0.1) is 4.36 Å². The van der Waals surface area contributed by atoms with Gasteiger partial charge in [-0.1, -0.05) is 0 Å². The topological polar surface area (TPSA) is 84.5 Å². The lowest BCUT2D eigenvalue weighted by Gasteiger charge is -1.96. The molecule has 0 aliphatic carbocycles. The van der Waals surface area contributed by atoms with Crippen molar-refractivity contribution in [3.05, 3.63) is 24.3 Å². The minimum absolute atomic E-state index is 0.377. The van der Waals surface area contributed by atoms with E-state index in [2.05, 4.69) is 9.79 Å². The molecule has 0 aromatic heterocycles. The second-order valence-corrected chi connectivity index (χ2v) is 2.62. The molecule has 1 rings (SSSR count). The van der Waals surface area contributed by atoms with Gasteiger partial charge in [0.25, 0.3) is 0 Å². The van der Waals surface area contributed by atoms with Crippen LogP contribution in [-0.4, -0.2) is 8.42 Å². The monoisotopic (exact) mass is 185 g/mol. The summed E-state index contributed by atoms with van der Waals surface area (Å²) in [7, 11) is -2.40. The Kier molecular flexibility index (Phi) is 2.78. The maximum atomic E-state index is 10.1. The van der Waals surface area contributed by atoms with Crippen molar-refractivity contribution in [2.45, 2.75) is 0 Å². The summed E-state index contributed by atoms with van der Waals surface area (Å²) in [6, 6.07) is 6.35. The largest absolute Gasteiger partial charge is 0.324 e. The molecule has 0 aliphatic heterocycles. The Bertz CT molecular complexity index is 374. The highest BCUT2D eigenvalue weighted by atomic mass is 32.2. The number of hydrogen-bond donors (Lipinski definition) is 2. The fourth-order valence-electron chi connectivity index (χ4n) is 0.705. The summed E-state index contributed by atoms with van der Waals surface area (Å²) < 4.78 is 23.5. The second kappa shape index (κ2) is 3.84. The Morgan fingerprint density at radius 1 is 1.25 bits per heavy atom. The van der Waals surface area contributed by atoms with Crippen LogP contribution >= 0.6 is 0 Å². The molecule has 0 unspecified atom stereocenters. The van der Waals surface area contributed by atoms with Crippen LogP contribution in [0.4, 0.5) is 11.4 Å². The summed E-state index contributed by atoms with van der Waals surface area (Å²) in [6.07, 6.45) is 0. The first-order chi connectivity index (χ1) is 5.72. The van der Waals surface area contributed by atoms with Crippen molar-refractivity contribution in [3.8, 4) is 0 Å². The first-order valence-electron chi connectivity index (χ1n) is 3.10. The van der Waals surface area contributed by atoms with E-state index in [0.717, 1.165) is 0 Å². The maximum Gasteiger partial charge on any atom is 0.316 e. The zero-order chi connectivity index (χ0) is 8.97. The first-order valence-corrected chi connectivity index (χ1v) is 4.13. The van der Waals surface area contributed by atoms with E-state index in [1.54, 1.807) is 24.3 Å². The van der Waals surface area contributed by atoms with E-state index in [-0.39, 0.29) is 0 Å². The van der Waals surface area contributed by atoms with E-state index >= 15 is 0 Å². The van der Waals surface area contributed by atoms with Gasteiger partial charge in [0.1, 0.15) is 0 Å². The van der Waals surface area contributed by atoms with E-state index < -0.39 is 10.5 Å². The Morgan fingerprint density at radius 3 is 2.25 bits per heavy atom. The number of anilines is 1. The molecule has 6 heteroatoms. The van der Waals surface area contributed by atoms with Gasteiger partial charge in [-0.05, 0) is 24.3 Å². The molecular weight excluding hydrogens is 178 g/mol. The zero-order valence-electron chi connectivity index (χ0n) is 6.06. The number of nitrogens with two attached hydrogens (primary N) is 1. The molecule has 0 atom stereocenters. The molecule has 1 aromatic rings. The lowest BCUT2D eigenvalue weighted by Crippen LogP contribution is -2.05. The molecule has 0 radical (unpaired) electrons. The number of rotatable bonds is 2. The Labute approximate surface area is 70.9 Å². The van der Waals surface area contributed by atoms with Gasteiger partial charge in [0.05, 0.1) is 5.69 Å². The van der Waals surface area contributed by atoms with Crippen molar-refractivity contribution in [3.63, 3.8) is 0 Å². The van der Waals surface area contributed by atoms with Crippen LogP contribution < -0.4 is 11.3 Å². The van der Waals surface area contributed by atoms with Gasteiger partial charge in [0.15, 0.2) is 0 Å². The standard InChI is InChI=1S/C6H7N3O2S/c7-8-5-1-3-6(4-2-5)9-12(10)11/h1-4,8H,7H2. The summed E-state index contributed by atoms with van der Waals surface area (Å²) >= 11 is 0. The molecule has 1 aromatic carbocycles. The highest BCUT2D eigenvalue weighted by molar-refractivity contribution is 7.61. The van der Waals surface area contributed by atoms with Crippen molar-refractivity contribution in [1.29, 1.82) is 0 Å². The Morgan fingerprint density at radius 2 is 1.83 bits per heavy atom. The van der Waals surface area contributed by atoms with Crippen LogP contribution in [0.15, 0.2) is 28.6 Å². The maximum absolute atomic E-state index is 10.1. The van der Waals surface area contributed by atoms with Gasteiger partial charge < -0.3 is 5.43 Å². The van der Waals surface area contributed by atoms with E-state index in [1.165, 1.54) is 0 Å². The number of nitrogen functional groups attached to an aromatic ring is 1. The molecule has 0 aliphatic rings. The van der Waals surface area contributed by atoms with Crippen molar-refractivity contribution < 1.29 is 8.42 Å². The van der Waals surface area contributed by atoms with E-state index in [4.69, 9.17) is 5.84 Å². The number of hydrazine groups is 1. The summed E-state index contributed by atoms with van der Waals surface area (Å²) in [5.41, 5.74) is 3.49. The molecule has 0 spiro atoms. The molecule has 12 heavy (non-hydrogen) atoms. The third kappa shape index (κ3) is 2.33. The lowest BCUT2D eigenvalue weighted by atomic mass is 10.3. The van der Waals surface area contributed by atoms with Gasteiger partial charge in [0.2, 0.25) is 0 Å². The summed E-state index contributed by atoms with van der Waals surface area (Å²) in [4.78, 5) is 0. The number of benzene rings is 1. The van der Waals surface area contributed by atoms with Crippen molar-refractivity contribution in [1.82, 2.24) is 0 Å². The van der Waals surface area contributed by atoms with Crippen LogP contribution in [0.25, 0.3) is 0 Å². The Hall–Kier alpha value is -1.40. The molecule has 3 N–H and O–H groups in total. The SMILES string of the molecule is NNc1ccc(N=S(=O)=O)cc1. The molecule has 0 bridgehead atoms. The first kappa shape index (κ1) is 8.69. The van der Waals surface area contributed by atoms with E-state index in [0.29, 0.717) is 11.4 Å². The van der Waals surface area contributed by atoms with Crippen LogP contribution in [0.3, 0.4) is 0 Å². The molecule has 64 valence electrons. The van der Waals surface area contributed by atoms with Gasteiger partial charge in [0, 0.05) is 5.69 Å². The molecule has 0 saturated carbocycles. The highest BCUT2D eigenvalue weighted by Crippen LogP contribution is 2.14. The van der Waals surface area contributed by atoms with Gasteiger partial charge >= 0.3 is 10.5 Å². The number of nitrogens with zero attached hydrogens (tertiary/aromatic N) is 1. The van der Waals surface area contributed by atoms with Crippen molar-refractivity contribution >= 4 is 21.9 Å². The van der Waals surface area contributed by atoms with E-state index in [1.807, 2.05) is 0 Å². The van der Waals surface area contributed by atoms with Crippen LogP contribution in [0.2, 0.25) is 0 Å². The molecule has 0 amide bonds. The minimum atomic E-state index is -2.40. The average molecular weight is 185 g/mol. The molecular formula is C6H7N3O2S.